The van der Waals surface area contributed by atoms with Crippen LogP contribution < -0.4 is 0 Å². The lowest BCUT2D eigenvalue weighted by molar-refractivity contribution is -0.138. The van der Waals surface area contributed by atoms with Crippen molar-refractivity contribution in [3.05, 3.63) is 47.2 Å². The van der Waals surface area contributed by atoms with Gasteiger partial charge in [-0.15, -0.1) is 0 Å². The fraction of sp³-hybridized carbons (Fsp3) is 0.214. The van der Waals surface area contributed by atoms with Crippen molar-refractivity contribution in [1.82, 2.24) is 0 Å². The third kappa shape index (κ3) is 2.02. The number of aliphatic carboxylic acids is 1. The van der Waals surface area contributed by atoms with Gasteiger partial charge in [0.2, 0.25) is 0 Å². The summed E-state index contributed by atoms with van der Waals surface area (Å²) >= 11 is 5.92. The van der Waals surface area contributed by atoms with Crippen LogP contribution in [0.5, 0.6) is 0 Å². The van der Waals surface area contributed by atoms with Crippen molar-refractivity contribution in [3.8, 4) is 11.3 Å². The first-order valence-corrected chi connectivity index (χ1v) is 6.11. The molecule has 0 radical (unpaired) electrons. The van der Waals surface area contributed by atoms with Gasteiger partial charge in [-0.1, -0.05) is 23.7 Å². The molecule has 1 heterocycles. The lowest BCUT2D eigenvalue weighted by atomic mass is 10.2. The normalized spacial score (nSPS) is 21.8. The van der Waals surface area contributed by atoms with Gasteiger partial charge in [0.25, 0.3) is 0 Å². The zero-order valence-corrected chi connectivity index (χ0v) is 10.2. The summed E-state index contributed by atoms with van der Waals surface area (Å²) in [5, 5.41) is 9.54. The topological polar surface area (TPSA) is 50.4 Å². The highest BCUT2D eigenvalue weighted by molar-refractivity contribution is 6.30. The summed E-state index contributed by atoms with van der Waals surface area (Å²) in [7, 11) is 0. The van der Waals surface area contributed by atoms with Crippen molar-refractivity contribution >= 4 is 17.6 Å². The highest BCUT2D eigenvalue weighted by Crippen LogP contribution is 2.48. The molecule has 1 aliphatic carbocycles. The van der Waals surface area contributed by atoms with Crippen LogP contribution in [0, 0.1) is 5.92 Å². The maximum absolute atomic E-state index is 10.8. The van der Waals surface area contributed by atoms with E-state index in [4.69, 9.17) is 21.1 Å². The third-order valence-corrected chi connectivity index (χ3v) is 3.44. The number of halogens is 1. The fourth-order valence-electron chi connectivity index (χ4n) is 2.13. The Morgan fingerprint density at radius 2 is 2.17 bits per heavy atom. The average molecular weight is 263 g/mol. The highest BCUT2D eigenvalue weighted by atomic mass is 35.5. The molecule has 0 unspecified atom stereocenters. The molecule has 0 aliphatic heterocycles. The van der Waals surface area contributed by atoms with Crippen molar-refractivity contribution < 1.29 is 14.3 Å². The Balaban J connectivity index is 1.84. The molecule has 1 aliphatic rings. The molecule has 4 heteroatoms. The van der Waals surface area contributed by atoms with Crippen molar-refractivity contribution in [2.45, 2.75) is 12.3 Å². The van der Waals surface area contributed by atoms with Crippen molar-refractivity contribution in [2.24, 2.45) is 5.92 Å². The van der Waals surface area contributed by atoms with Gasteiger partial charge in [-0.3, -0.25) is 4.79 Å². The van der Waals surface area contributed by atoms with Crippen LogP contribution in [-0.4, -0.2) is 11.1 Å². The highest BCUT2D eigenvalue weighted by Gasteiger charge is 2.46. The predicted molar refractivity (Wildman–Crippen MR) is 67.6 cm³/mol. The van der Waals surface area contributed by atoms with E-state index in [0.717, 1.165) is 17.1 Å². The summed E-state index contributed by atoms with van der Waals surface area (Å²) in [5.74, 6) is 0.459. The van der Waals surface area contributed by atoms with E-state index in [1.165, 1.54) is 0 Å². The van der Waals surface area contributed by atoms with Crippen molar-refractivity contribution in [3.63, 3.8) is 0 Å². The molecule has 92 valence electrons. The molecule has 0 saturated heterocycles. The average Bonchev–Trinajstić information content (AvgIpc) is 3.00. The Morgan fingerprint density at radius 1 is 1.33 bits per heavy atom. The molecule has 2 atom stereocenters. The maximum atomic E-state index is 10.8. The Morgan fingerprint density at radius 3 is 2.83 bits per heavy atom. The summed E-state index contributed by atoms with van der Waals surface area (Å²) in [4.78, 5) is 10.8. The van der Waals surface area contributed by atoms with Gasteiger partial charge < -0.3 is 9.52 Å². The number of carboxylic acid groups (broad SMARTS) is 1. The van der Waals surface area contributed by atoms with E-state index in [-0.39, 0.29) is 11.8 Å². The number of hydrogen-bond acceptors (Lipinski definition) is 2. The molecular weight excluding hydrogens is 252 g/mol. The summed E-state index contributed by atoms with van der Waals surface area (Å²) in [6, 6.07) is 11.1. The predicted octanol–water partition coefficient (Wildman–Crippen LogP) is 3.79. The van der Waals surface area contributed by atoms with Crippen LogP contribution >= 0.6 is 11.6 Å². The minimum Gasteiger partial charge on any atom is -0.481 e. The van der Waals surface area contributed by atoms with E-state index >= 15 is 0 Å². The lowest BCUT2D eigenvalue weighted by Crippen LogP contribution is -1.98. The zero-order valence-electron chi connectivity index (χ0n) is 9.47. The van der Waals surface area contributed by atoms with E-state index in [9.17, 15) is 4.79 Å². The number of furan rings is 1. The van der Waals surface area contributed by atoms with Crippen molar-refractivity contribution in [2.75, 3.05) is 0 Å². The number of benzene rings is 1. The SMILES string of the molecule is O=C(O)[C@@H]1C[C@H]1c1ccc(-c2cccc(Cl)c2)o1. The van der Waals surface area contributed by atoms with E-state index in [1.807, 2.05) is 30.3 Å². The second kappa shape index (κ2) is 4.18. The van der Waals surface area contributed by atoms with Gasteiger partial charge in [0, 0.05) is 16.5 Å². The molecule has 1 aromatic heterocycles. The van der Waals surface area contributed by atoms with Crippen LogP contribution in [0.3, 0.4) is 0 Å². The standard InChI is InChI=1S/C14H11ClO3/c15-9-3-1-2-8(6-9)12-4-5-13(18-12)10-7-11(10)14(16)17/h1-6,10-11H,7H2,(H,16,17)/t10-,11-/m1/s1. The number of carbonyl (C=O) groups is 1. The van der Waals surface area contributed by atoms with Crippen LogP contribution in [-0.2, 0) is 4.79 Å². The third-order valence-electron chi connectivity index (χ3n) is 3.21. The van der Waals surface area contributed by atoms with Crippen molar-refractivity contribution in [1.29, 1.82) is 0 Å². The van der Waals surface area contributed by atoms with Gasteiger partial charge in [-0.2, -0.15) is 0 Å². The van der Waals surface area contributed by atoms with Gasteiger partial charge in [-0.05, 0) is 30.7 Å². The van der Waals surface area contributed by atoms with Crippen LogP contribution in [0.2, 0.25) is 5.02 Å². The zero-order chi connectivity index (χ0) is 12.7. The van der Waals surface area contributed by atoms with Crippen LogP contribution in [0.15, 0.2) is 40.8 Å². The quantitative estimate of drug-likeness (QED) is 0.916. The van der Waals surface area contributed by atoms with Gasteiger partial charge >= 0.3 is 5.97 Å². The largest absolute Gasteiger partial charge is 0.481 e. The number of carboxylic acids is 1. The maximum Gasteiger partial charge on any atom is 0.307 e. The molecule has 1 aromatic carbocycles. The molecular formula is C14H11ClO3. The fourth-order valence-corrected chi connectivity index (χ4v) is 2.32. The Labute approximate surface area is 109 Å². The van der Waals surface area contributed by atoms with Gasteiger partial charge in [0.1, 0.15) is 11.5 Å². The first-order valence-electron chi connectivity index (χ1n) is 5.73. The molecule has 0 bridgehead atoms. The monoisotopic (exact) mass is 262 g/mol. The Hall–Kier alpha value is -1.74. The molecule has 1 saturated carbocycles. The summed E-state index contributed by atoms with van der Waals surface area (Å²) in [5.41, 5.74) is 0.904. The smallest absolute Gasteiger partial charge is 0.307 e. The van der Waals surface area contributed by atoms with Gasteiger partial charge in [0.15, 0.2) is 0 Å². The van der Waals surface area contributed by atoms with E-state index in [0.29, 0.717) is 11.4 Å². The van der Waals surface area contributed by atoms with E-state index in [2.05, 4.69) is 0 Å². The number of hydrogen-bond donors (Lipinski definition) is 1. The van der Waals surface area contributed by atoms with E-state index in [1.54, 1.807) is 6.07 Å². The van der Waals surface area contributed by atoms with Gasteiger partial charge in [-0.25, -0.2) is 0 Å². The van der Waals surface area contributed by atoms with Crippen LogP contribution in [0.25, 0.3) is 11.3 Å². The molecule has 1 fully saturated rings. The minimum atomic E-state index is -0.749. The van der Waals surface area contributed by atoms with Crippen LogP contribution in [0.1, 0.15) is 18.1 Å². The molecule has 3 rings (SSSR count). The minimum absolute atomic E-state index is 0.0236. The first-order chi connectivity index (χ1) is 8.65. The number of rotatable bonds is 3. The Bertz CT molecular complexity index is 603. The van der Waals surface area contributed by atoms with E-state index < -0.39 is 5.97 Å². The molecule has 2 aromatic rings. The Kier molecular flexibility index (Phi) is 2.63. The summed E-state index contributed by atoms with van der Waals surface area (Å²) < 4.78 is 5.71. The molecule has 3 nitrogen and oxygen atoms in total. The molecule has 1 N–H and O–H groups in total. The summed E-state index contributed by atoms with van der Waals surface area (Å²) in [6.07, 6.45) is 0.665. The molecule has 0 spiro atoms. The molecule has 18 heavy (non-hydrogen) atoms. The van der Waals surface area contributed by atoms with Gasteiger partial charge in [0.05, 0.1) is 5.92 Å². The first kappa shape index (κ1) is 11.4. The summed E-state index contributed by atoms with van der Waals surface area (Å²) in [6.45, 7) is 0. The van der Waals surface area contributed by atoms with Crippen LogP contribution in [0.4, 0.5) is 0 Å². The molecule has 0 amide bonds. The lowest BCUT2D eigenvalue weighted by Gasteiger charge is -1.97. The second-order valence-electron chi connectivity index (χ2n) is 4.50. The second-order valence-corrected chi connectivity index (χ2v) is 4.94.